The first-order valence-corrected chi connectivity index (χ1v) is 6.92. The highest BCUT2D eigenvalue weighted by Crippen LogP contribution is 2.27. The van der Waals surface area contributed by atoms with Gasteiger partial charge < -0.3 is 24.3 Å². The minimum atomic E-state index is -0.653. The lowest BCUT2D eigenvalue weighted by Crippen LogP contribution is -2.37. The molecular formula is C15H24N2O4. The summed E-state index contributed by atoms with van der Waals surface area (Å²) in [5.74, 6) is 1.54. The monoisotopic (exact) mass is 296 g/mol. The summed E-state index contributed by atoms with van der Waals surface area (Å²) in [4.78, 5) is 0. The number of nitrogens with one attached hydrogen (secondary N) is 2. The predicted molar refractivity (Wildman–Crippen MR) is 81.2 cm³/mol. The molecule has 0 bridgehead atoms. The molecule has 0 aliphatic rings. The van der Waals surface area contributed by atoms with Gasteiger partial charge in [-0.3, -0.25) is 5.41 Å². The Balaban J connectivity index is 2.63. The maximum absolute atomic E-state index is 7.96. The van der Waals surface area contributed by atoms with E-state index in [1.807, 2.05) is 32.0 Å². The van der Waals surface area contributed by atoms with Gasteiger partial charge in [-0.1, -0.05) is 6.07 Å². The van der Waals surface area contributed by atoms with E-state index in [-0.39, 0.29) is 5.84 Å². The molecule has 0 amide bonds. The number of ether oxygens (including phenoxy) is 4. The lowest BCUT2D eigenvalue weighted by atomic mass is 10.2. The van der Waals surface area contributed by atoms with Crippen LogP contribution in [0.3, 0.4) is 0 Å². The Hall–Kier alpha value is -1.79. The van der Waals surface area contributed by atoms with Gasteiger partial charge in [-0.25, -0.2) is 0 Å². The van der Waals surface area contributed by atoms with E-state index in [0.29, 0.717) is 31.3 Å². The minimum Gasteiger partial charge on any atom is -0.493 e. The summed E-state index contributed by atoms with van der Waals surface area (Å²) in [6.45, 7) is 5.20. The Morgan fingerprint density at radius 3 is 2.24 bits per heavy atom. The van der Waals surface area contributed by atoms with Gasteiger partial charge >= 0.3 is 0 Å². The maximum Gasteiger partial charge on any atom is 0.216 e. The quantitative estimate of drug-likeness (QED) is 0.415. The van der Waals surface area contributed by atoms with Gasteiger partial charge in [0.1, 0.15) is 0 Å². The molecule has 0 heterocycles. The van der Waals surface area contributed by atoms with Crippen LogP contribution in [0.15, 0.2) is 18.2 Å². The average Bonchev–Trinajstić information content (AvgIpc) is 2.52. The van der Waals surface area contributed by atoms with Crippen LogP contribution in [0.25, 0.3) is 0 Å². The first-order chi connectivity index (χ1) is 10.2. The number of benzene rings is 1. The second kappa shape index (κ2) is 9.20. The van der Waals surface area contributed by atoms with E-state index < -0.39 is 6.29 Å². The summed E-state index contributed by atoms with van der Waals surface area (Å²) in [5, 5.41) is 11.0. The fourth-order valence-electron chi connectivity index (χ4n) is 1.79. The van der Waals surface area contributed by atoms with E-state index in [9.17, 15) is 0 Å². The lowest BCUT2D eigenvalue weighted by Gasteiger charge is -2.19. The summed E-state index contributed by atoms with van der Waals surface area (Å²) in [5.41, 5.74) is 0.976. The van der Waals surface area contributed by atoms with Crippen LogP contribution in [0.2, 0.25) is 0 Å². The SMILES string of the molecule is CCOC(OCC)C(=N)NCc1ccc(OC)c(OC)c1. The molecular weight excluding hydrogens is 272 g/mol. The van der Waals surface area contributed by atoms with Gasteiger partial charge in [-0.2, -0.15) is 0 Å². The molecule has 6 nitrogen and oxygen atoms in total. The third kappa shape index (κ3) is 5.24. The summed E-state index contributed by atoms with van der Waals surface area (Å²) < 4.78 is 21.2. The molecule has 1 rings (SSSR count). The molecule has 0 saturated heterocycles. The summed E-state index contributed by atoms with van der Waals surface area (Å²) in [6.07, 6.45) is -0.653. The van der Waals surface area contributed by atoms with E-state index in [4.69, 9.17) is 24.4 Å². The molecule has 1 aromatic rings. The van der Waals surface area contributed by atoms with Crippen molar-refractivity contribution in [1.29, 1.82) is 5.41 Å². The van der Waals surface area contributed by atoms with Gasteiger partial charge in [0.25, 0.3) is 0 Å². The van der Waals surface area contributed by atoms with Crippen LogP contribution < -0.4 is 14.8 Å². The van der Waals surface area contributed by atoms with Crippen LogP contribution in [-0.4, -0.2) is 39.6 Å². The Labute approximate surface area is 125 Å². The zero-order valence-corrected chi connectivity index (χ0v) is 13.1. The van der Waals surface area contributed by atoms with Crippen LogP contribution in [0, 0.1) is 5.41 Å². The molecule has 1 aromatic carbocycles. The zero-order valence-electron chi connectivity index (χ0n) is 13.1. The van der Waals surface area contributed by atoms with E-state index in [1.54, 1.807) is 14.2 Å². The van der Waals surface area contributed by atoms with Gasteiger partial charge in [-0.05, 0) is 31.5 Å². The summed E-state index contributed by atoms with van der Waals surface area (Å²) >= 11 is 0. The smallest absolute Gasteiger partial charge is 0.216 e. The Morgan fingerprint density at radius 2 is 1.71 bits per heavy atom. The van der Waals surface area contributed by atoms with Crippen molar-refractivity contribution in [3.63, 3.8) is 0 Å². The van der Waals surface area contributed by atoms with Crippen molar-refractivity contribution in [2.75, 3.05) is 27.4 Å². The molecule has 0 spiro atoms. The van der Waals surface area contributed by atoms with Gasteiger partial charge in [0, 0.05) is 19.8 Å². The number of amidine groups is 1. The van der Waals surface area contributed by atoms with Crippen molar-refractivity contribution in [3.8, 4) is 11.5 Å². The molecule has 0 aliphatic carbocycles. The second-order valence-electron chi connectivity index (χ2n) is 4.20. The number of methoxy groups -OCH3 is 2. The molecule has 0 atom stereocenters. The largest absolute Gasteiger partial charge is 0.493 e. The van der Waals surface area contributed by atoms with Crippen LogP contribution in [0.1, 0.15) is 19.4 Å². The van der Waals surface area contributed by atoms with Crippen molar-refractivity contribution in [2.45, 2.75) is 26.7 Å². The Kier molecular flexibility index (Phi) is 7.56. The first-order valence-electron chi connectivity index (χ1n) is 6.92. The molecule has 6 heteroatoms. The highest BCUT2D eigenvalue weighted by molar-refractivity contribution is 5.82. The topological polar surface area (TPSA) is 72.8 Å². The molecule has 2 N–H and O–H groups in total. The second-order valence-corrected chi connectivity index (χ2v) is 4.20. The molecule has 0 saturated carbocycles. The van der Waals surface area contributed by atoms with Crippen molar-refractivity contribution in [2.24, 2.45) is 0 Å². The van der Waals surface area contributed by atoms with E-state index in [2.05, 4.69) is 5.32 Å². The van der Waals surface area contributed by atoms with Crippen LogP contribution in [0.5, 0.6) is 11.5 Å². The molecule has 0 fully saturated rings. The predicted octanol–water partition coefficient (Wildman–Crippen LogP) is 2.17. The van der Waals surface area contributed by atoms with Crippen molar-refractivity contribution < 1.29 is 18.9 Å². The molecule has 0 unspecified atom stereocenters. The molecule has 0 radical (unpaired) electrons. The third-order valence-corrected chi connectivity index (χ3v) is 2.80. The lowest BCUT2D eigenvalue weighted by molar-refractivity contribution is -0.0923. The number of hydrogen-bond acceptors (Lipinski definition) is 5. The fraction of sp³-hybridized carbons (Fsp3) is 0.533. The summed E-state index contributed by atoms with van der Waals surface area (Å²) in [7, 11) is 3.19. The average molecular weight is 296 g/mol. The highest BCUT2D eigenvalue weighted by Gasteiger charge is 2.14. The van der Waals surface area contributed by atoms with Crippen LogP contribution >= 0.6 is 0 Å². The van der Waals surface area contributed by atoms with E-state index in [0.717, 1.165) is 5.56 Å². The van der Waals surface area contributed by atoms with Crippen molar-refractivity contribution in [1.82, 2.24) is 5.32 Å². The summed E-state index contributed by atoms with van der Waals surface area (Å²) in [6, 6.07) is 5.62. The molecule has 118 valence electrons. The van der Waals surface area contributed by atoms with E-state index in [1.165, 1.54) is 0 Å². The van der Waals surface area contributed by atoms with E-state index >= 15 is 0 Å². The molecule has 0 aliphatic heterocycles. The van der Waals surface area contributed by atoms with Gasteiger partial charge in [-0.15, -0.1) is 0 Å². The Morgan fingerprint density at radius 1 is 1.10 bits per heavy atom. The van der Waals surface area contributed by atoms with Gasteiger partial charge in [0.15, 0.2) is 17.3 Å². The third-order valence-electron chi connectivity index (χ3n) is 2.80. The minimum absolute atomic E-state index is 0.202. The van der Waals surface area contributed by atoms with Crippen molar-refractivity contribution >= 4 is 5.84 Å². The van der Waals surface area contributed by atoms with Crippen LogP contribution in [-0.2, 0) is 16.0 Å². The Bertz CT molecular complexity index is 445. The van der Waals surface area contributed by atoms with Gasteiger partial charge in [0.05, 0.1) is 14.2 Å². The standard InChI is InChI=1S/C15H24N2O4/c1-5-20-15(21-6-2)14(16)17-10-11-7-8-12(18-3)13(9-11)19-4/h7-9,15H,5-6,10H2,1-4H3,(H2,16,17). The zero-order chi connectivity index (χ0) is 15.7. The van der Waals surface area contributed by atoms with Gasteiger partial charge in [0.2, 0.25) is 6.29 Å². The van der Waals surface area contributed by atoms with Crippen LogP contribution in [0.4, 0.5) is 0 Å². The van der Waals surface area contributed by atoms with Crippen molar-refractivity contribution in [3.05, 3.63) is 23.8 Å². The number of hydrogen-bond donors (Lipinski definition) is 2. The molecule has 0 aromatic heterocycles. The highest BCUT2D eigenvalue weighted by atomic mass is 16.7. The first kappa shape index (κ1) is 17.3. The fourth-order valence-corrected chi connectivity index (χ4v) is 1.79. The molecule has 21 heavy (non-hydrogen) atoms. The maximum atomic E-state index is 7.96. The normalized spacial score (nSPS) is 10.5. The number of rotatable bonds is 9.